The topological polar surface area (TPSA) is 143 Å². The number of carbonyl (C=O) groups excluding carboxylic acids is 3. The van der Waals surface area contributed by atoms with E-state index in [-0.39, 0.29) is 43.1 Å². The van der Waals surface area contributed by atoms with Crippen LogP contribution < -0.4 is 10.6 Å². The van der Waals surface area contributed by atoms with Gasteiger partial charge < -0.3 is 29.9 Å². The van der Waals surface area contributed by atoms with Crippen molar-refractivity contribution in [1.82, 2.24) is 25.1 Å². The number of hydrogen-bond donors (Lipinski definition) is 3. The molecule has 3 N–H and O–H groups in total. The van der Waals surface area contributed by atoms with Gasteiger partial charge in [-0.1, -0.05) is 51.1 Å². The number of aliphatic carboxylic acids is 1. The molecule has 13 heteroatoms. The molecular weight excluding hydrogens is 624 g/mol. The number of benzene rings is 2. The first kappa shape index (κ1) is 37.6. The largest absolute Gasteiger partial charge is 0.481 e. The van der Waals surface area contributed by atoms with Crippen LogP contribution in [0.5, 0.6) is 0 Å². The summed E-state index contributed by atoms with van der Waals surface area (Å²) < 4.78 is 36.4. The van der Waals surface area contributed by atoms with Gasteiger partial charge in [0.2, 0.25) is 11.8 Å². The first-order chi connectivity index (χ1) is 22.4. The maximum absolute atomic E-state index is 15.0. The average Bonchev–Trinajstić information content (AvgIpc) is 3.36. The zero-order valence-corrected chi connectivity index (χ0v) is 28.5. The van der Waals surface area contributed by atoms with E-state index in [0.717, 1.165) is 23.8 Å². The molecule has 0 bridgehead atoms. The summed E-state index contributed by atoms with van der Waals surface area (Å²) in [5.74, 6) is -2.99. The summed E-state index contributed by atoms with van der Waals surface area (Å²) in [4.78, 5) is 56.6. The van der Waals surface area contributed by atoms with Crippen molar-refractivity contribution in [3.63, 3.8) is 0 Å². The minimum atomic E-state index is -1.18. The zero-order chi connectivity index (χ0) is 35.8. The molecule has 48 heavy (non-hydrogen) atoms. The van der Waals surface area contributed by atoms with E-state index in [4.69, 9.17) is 14.8 Å². The number of alkyl carbamates (subject to hydrolysis) is 1. The van der Waals surface area contributed by atoms with Crippen molar-refractivity contribution in [2.75, 3.05) is 13.1 Å². The molecule has 2 atom stereocenters. The molecule has 0 aliphatic rings. The van der Waals surface area contributed by atoms with Crippen LogP contribution in [0.3, 0.4) is 0 Å². The Morgan fingerprint density at radius 3 is 2.27 bits per heavy atom. The van der Waals surface area contributed by atoms with E-state index in [1.165, 1.54) is 11.8 Å². The van der Waals surface area contributed by atoms with Crippen LogP contribution in [0.2, 0.25) is 0 Å². The number of carbonyl (C=O) groups is 4. The van der Waals surface area contributed by atoms with E-state index < -0.39 is 52.7 Å². The maximum atomic E-state index is 15.0. The summed E-state index contributed by atoms with van der Waals surface area (Å²) in [6.45, 7) is 12.2. The van der Waals surface area contributed by atoms with Crippen LogP contribution >= 0.6 is 0 Å². The van der Waals surface area contributed by atoms with E-state index in [1.807, 2.05) is 51.1 Å². The van der Waals surface area contributed by atoms with Crippen LogP contribution in [0.1, 0.15) is 78.7 Å². The molecule has 1 aromatic heterocycles. The van der Waals surface area contributed by atoms with Crippen LogP contribution in [-0.2, 0) is 25.7 Å². The van der Waals surface area contributed by atoms with Gasteiger partial charge in [-0.25, -0.2) is 18.6 Å². The average molecular weight is 670 g/mol. The molecule has 0 radical (unpaired) electrons. The van der Waals surface area contributed by atoms with Gasteiger partial charge in [-0.05, 0) is 56.4 Å². The lowest BCUT2D eigenvalue weighted by molar-refractivity contribution is -0.137. The highest BCUT2D eigenvalue weighted by atomic mass is 19.1. The Labute approximate surface area is 279 Å². The van der Waals surface area contributed by atoms with Gasteiger partial charge in [0.15, 0.2) is 0 Å². The number of imidazole rings is 1. The Hall–Kier alpha value is -4.81. The normalized spacial score (nSPS) is 12.9. The van der Waals surface area contributed by atoms with Crippen molar-refractivity contribution in [2.24, 2.45) is 5.41 Å². The number of aromatic nitrogens is 2. The van der Waals surface area contributed by atoms with Crippen LogP contribution in [0, 0.1) is 17.0 Å². The van der Waals surface area contributed by atoms with Crippen molar-refractivity contribution in [3.05, 3.63) is 77.8 Å². The highest BCUT2D eigenvalue weighted by Crippen LogP contribution is 2.39. The predicted molar refractivity (Wildman–Crippen MR) is 176 cm³/mol. The van der Waals surface area contributed by atoms with Crippen LogP contribution in [0.25, 0.3) is 11.3 Å². The number of rotatable bonds is 13. The summed E-state index contributed by atoms with van der Waals surface area (Å²) in [7, 11) is 0. The van der Waals surface area contributed by atoms with Crippen LogP contribution in [-0.4, -0.2) is 68.2 Å². The van der Waals surface area contributed by atoms with Crippen LogP contribution in [0.15, 0.2) is 54.7 Å². The summed E-state index contributed by atoms with van der Waals surface area (Å²) in [6.07, 6.45) is 0.382. The molecule has 3 amide bonds. The first-order valence-corrected chi connectivity index (χ1v) is 15.7. The van der Waals surface area contributed by atoms with Crippen molar-refractivity contribution < 1.29 is 37.8 Å². The van der Waals surface area contributed by atoms with E-state index in [0.29, 0.717) is 12.4 Å². The fraction of sp³-hybridized carbons (Fsp3) is 0.457. The Balaban J connectivity index is 2.06. The standard InChI is InChI=1S/C35H45F2N5O6/c1-22(43)42(18-16-27(32(46)38-17-15-29(44)45)40-33(47)48-35(5,6)7)30(34(2,3)4)31-39-28(25-19-24(36)13-14-26(25)37)21-41(31)20-23-11-9-8-10-12-23/h8-14,19,21,27,30H,15-18,20H2,1-7H3,(H,38,46)(H,40,47)(H,44,45). The minimum Gasteiger partial charge on any atom is -0.481 e. The summed E-state index contributed by atoms with van der Waals surface area (Å²) >= 11 is 0. The molecule has 1 heterocycles. The summed E-state index contributed by atoms with van der Waals surface area (Å²) in [5.41, 5.74) is -0.473. The number of nitrogens with one attached hydrogen (secondary N) is 2. The second-order valence-corrected chi connectivity index (χ2v) is 13.6. The Kier molecular flexibility index (Phi) is 12.4. The lowest BCUT2D eigenvalue weighted by Crippen LogP contribution is -2.51. The Morgan fingerprint density at radius 2 is 1.69 bits per heavy atom. The monoisotopic (exact) mass is 669 g/mol. The molecule has 2 aromatic carbocycles. The summed E-state index contributed by atoms with van der Waals surface area (Å²) in [5, 5.41) is 14.1. The Bertz CT molecular complexity index is 1600. The molecular formula is C35H45F2N5O6. The number of carboxylic acid groups (broad SMARTS) is 1. The first-order valence-electron chi connectivity index (χ1n) is 15.7. The minimum absolute atomic E-state index is 0.0358. The third-order valence-corrected chi connectivity index (χ3v) is 7.29. The SMILES string of the molecule is CC(=O)N(CCC(NC(=O)OC(C)(C)C)C(=O)NCCC(=O)O)C(c1nc(-c2cc(F)ccc2F)cn1Cc1ccccc1)C(C)(C)C. The van der Waals surface area contributed by atoms with Crippen molar-refractivity contribution in [3.8, 4) is 11.3 Å². The molecule has 0 aliphatic heterocycles. The number of carboxylic acids is 1. The molecule has 2 unspecified atom stereocenters. The molecule has 0 saturated heterocycles. The number of halogens is 2. The highest BCUT2D eigenvalue weighted by molar-refractivity contribution is 5.86. The third-order valence-electron chi connectivity index (χ3n) is 7.29. The van der Waals surface area contributed by atoms with Gasteiger partial charge in [0, 0.05) is 38.3 Å². The third kappa shape index (κ3) is 10.9. The molecule has 0 spiro atoms. The quantitative estimate of drug-likeness (QED) is 0.212. The van der Waals surface area contributed by atoms with E-state index in [1.54, 1.807) is 31.5 Å². The molecule has 0 saturated carbocycles. The van der Waals surface area contributed by atoms with E-state index in [2.05, 4.69) is 10.6 Å². The zero-order valence-electron chi connectivity index (χ0n) is 28.5. The molecule has 0 aliphatic carbocycles. The van der Waals surface area contributed by atoms with Gasteiger partial charge in [-0.2, -0.15) is 0 Å². The lowest BCUT2D eigenvalue weighted by atomic mass is 9.84. The van der Waals surface area contributed by atoms with Crippen molar-refractivity contribution in [1.29, 1.82) is 0 Å². The van der Waals surface area contributed by atoms with Gasteiger partial charge in [-0.15, -0.1) is 0 Å². The van der Waals surface area contributed by atoms with E-state index >= 15 is 0 Å². The van der Waals surface area contributed by atoms with Crippen molar-refractivity contribution in [2.45, 2.75) is 85.5 Å². The lowest BCUT2D eigenvalue weighted by Gasteiger charge is -2.40. The number of amides is 3. The molecule has 3 aromatic rings. The number of nitrogens with zero attached hydrogens (tertiary/aromatic N) is 3. The van der Waals surface area contributed by atoms with Gasteiger partial charge in [0.1, 0.15) is 29.1 Å². The second-order valence-electron chi connectivity index (χ2n) is 13.6. The molecule has 3 rings (SSSR count). The molecule has 11 nitrogen and oxygen atoms in total. The highest BCUT2D eigenvalue weighted by Gasteiger charge is 2.38. The maximum Gasteiger partial charge on any atom is 0.408 e. The second kappa shape index (κ2) is 15.9. The van der Waals surface area contributed by atoms with E-state index in [9.17, 15) is 28.0 Å². The van der Waals surface area contributed by atoms with Crippen molar-refractivity contribution >= 4 is 23.9 Å². The van der Waals surface area contributed by atoms with Gasteiger partial charge >= 0.3 is 12.1 Å². The number of hydrogen-bond acceptors (Lipinski definition) is 6. The fourth-order valence-corrected chi connectivity index (χ4v) is 5.24. The summed E-state index contributed by atoms with van der Waals surface area (Å²) in [6, 6.07) is 10.7. The Morgan fingerprint density at radius 1 is 1.02 bits per heavy atom. The smallest absolute Gasteiger partial charge is 0.408 e. The predicted octanol–water partition coefficient (Wildman–Crippen LogP) is 5.69. The van der Waals surface area contributed by atoms with Gasteiger partial charge in [-0.3, -0.25) is 14.4 Å². The number of ether oxygens (including phenoxy) is 1. The van der Waals surface area contributed by atoms with Gasteiger partial charge in [0.05, 0.1) is 18.2 Å². The fourth-order valence-electron chi connectivity index (χ4n) is 5.24. The molecule has 260 valence electrons. The van der Waals surface area contributed by atoms with Crippen LogP contribution in [0.4, 0.5) is 13.6 Å². The van der Waals surface area contributed by atoms with Gasteiger partial charge in [0.25, 0.3) is 0 Å². The molecule has 0 fully saturated rings.